The van der Waals surface area contributed by atoms with E-state index >= 15 is 0 Å². The smallest absolute Gasteiger partial charge is 0.371 e. The number of nitrogens with zero attached hydrogens (tertiary/aromatic N) is 4. The Morgan fingerprint density at radius 1 is 0.947 bits per heavy atom. The fourth-order valence-electron chi connectivity index (χ4n) is 5.86. The second-order valence-corrected chi connectivity index (χ2v) is 9.74. The van der Waals surface area contributed by atoms with Crippen molar-refractivity contribution in [1.82, 2.24) is 19.7 Å². The average molecular weight is 561 g/mol. The monoisotopic (exact) mass is 560 g/mol. The van der Waals surface area contributed by atoms with E-state index in [1.807, 2.05) is 30.3 Å². The zero-order valence-electron chi connectivity index (χ0n) is 20.5. The minimum absolute atomic E-state index is 0. The van der Waals surface area contributed by atoms with Gasteiger partial charge >= 0.3 is 12.4 Å². The van der Waals surface area contributed by atoms with Crippen molar-refractivity contribution in [3.05, 3.63) is 82.9 Å². The molecule has 38 heavy (non-hydrogen) atoms. The molecule has 5 nitrogen and oxygen atoms in total. The minimum atomic E-state index is -4.91. The van der Waals surface area contributed by atoms with Gasteiger partial charge in [0.25, 0.3) is 0 Å². The Bertz CT molecular complexity index is 1220. The van der Waals surface area contributed by atoms with Crippen LogP contribution in [-0.2, 0) is 42.8 Å². The molecular weight excluding hydrogens is 534 g/mol. The maximum atomic E-state index is 13.4. The van der Waals surface area contributed by atoms with Gasteiger partial charge in [-0.15, -0.1) is 12.4 Å². The number of rotatable bonds is 6. The number of alkyl halides is 6. The van der Waals surface area contributed by atoms with E-state index in [1.165, 1.54) is 0 Å². The Labute approximate surface area is 222 Å². The number of piperidine rings is 1. The first-order valence-electron chi connectivity index (χ1n) is 12.0. The summed E-state index contributed by atoms with van der Waals surface area (Å²) in [7, 11) is 1.78. The maximum Gasteiger partial charge on any atom is 0.416 e. The molecule has 0 N–H and O–H groups in total. The molecule has 2 aliphatic heterocycles. The van der Waals surface area contributed by atoms with Gasteiger partial charge in [0.1, 0.15) is 6.33 Å². The first kappa shape index (κ1) is 28.4. The average Bonchev–Trinajstić information content (AvgIpc) is 3.36. The number of hydrogen-bond acceptors (Lipinski definition) is 4. The molecule has 0 amide bonds. The molecule has 3 aromatic rings. The third-order valence-electron chi connectivity index (χ3n) is 7.44. The van der Waals surface area contributed by atoms with E-state index in [4.69, 9.17) is 4.74 Å². The third-order valence-corrected chi connectivity index (χ3v) is 7.44. The van der Waals surface area contributed by atoms with Crippen LogP contribution < -0.4 is 0 Å². The first-order chi connectivity index (χ1) is 17.5. The number of aryl methyl sites for hydroxylation is 1. The van der Waals surface area contributed by atoms with Crippen LogP contribution in [0.1, 0.15) is 53.8 Å². The molecule has 2 aromatic carbocycles. The van der Waals surface area contributed by atoms with E-state index in [1.54, 1.807) is 18.1 Å². The van der Waals surface area contributed by atoms with Gasteiger partial charge in [0, 0.05) is 13.1 Å². The lowest BCUT2D eigenvalue weighted by molar-refractivity contribution is -0.143. The predicted molar refractivity (Wildman–Crippen MR) is 129 cm³/mol. The minimum Gasteiger partial charge on any atom is -0.371 e. The number of aromatic nitrogens is 3. The number of benzene rings is 2. The van der Waals surface area contributed by atoms with Crippen molar-refractivity contribution in [3.63, 3.8) is 0 Å². The number of ether oxygens (including phenoxy) is 1. The molecule has 206 valence electrons. The van der Waals surface area contributed by atoms with Gasteiger partial charge in [-0.05, 0) is 55.0 Å². The van der Waals surface area contributed by atoms with Crippen molar-refractivity contribution in [2.75, 3.05) is 0 Å². The van der Waals surface area contributed by atoms with E-state index in [9.17, 15) is 26.3 Å². The van der Waals surface area contributed by atoms with Crippen molar-refractivity contribution >= 4 is 12.4 Å². The number of halogens is 7. The highest BCUT2D eigenvalue weighted by Gasteiger charge is 2.56. The summed E-state index contributed by atoms with van der Waals surface area (Å²) in [6.45, 7) is 0.0919. The molecule has 2 aliphatic rings. The third kappa shape index (κ3) is 5.41. The summed E-state index contributed by atoms with van der Waals surface area (Å²) in [6.07, 6.45) is -5.57. The molecule has 0 aliphatic carbocycles. The van der Waals surface area contributed by atoms with Gasteiger partial charge in [-0.2, -0.15) is 31.4 Å². The van der Waals surface area contributed by atoms with Crippen LogP contribution in [0.15, 0.2) is 54.9 Å². The van der Waals surface area contributed by atoms with Crippen molar-refractivity contribution in [2.45, 2.75) is 68.9 Å². The number of fused-ring (bicyclic) bond motifs is 2. The van der Waals surface area contributed by atoms with Crippen LogP contribution in [0.2, 0.25) is 0 Å². The standard InChI is InChI=1S/C26H26F6N4O.ClH/c1-35-16-33-23(34-35)14-36-21-7-8-22(24(36,10-9-21)18-5-3-2-4-6-18)37-15-17-11-19(25(27,28)29)13-20(12-17)26(30,31)32;/h2-6,11-13,16,21-22H,7-10,14-15H2,1H3;1H. The summed E-state index contributed by atoms with van der Waals surface area (Å²) in [5.74, 6) is 0.642. The van der Waals surface area contributed by atoms with Crippen molar-refractivity contribution in [2.24, 2.45) is 7.05 Å². The second kappa shape index (κ2) is 10.5. The predicted octanol–water partition coefficient (Wildman–Crippen LogP) is 6.51. The SMILES string of the molecule is Cl.Cn1cnc(CN2C3CCC(OCc4cc(C(F)(F)F)cc(C(F)(F)F)c4)C2(c2ccccc2)CC3)n1. The van der Waals surface area contributed by atoms with Gasteiger partial charge in [-0.1, -0.05) is 30.3 Å². The van der Waals surface area contributed by atoms with Gasteiger partial charge in [0.05, 0.1) is 35.9 Å². The van der Waals surface area contributed by atoms with Crippen LogP contribution in [0.5, 0.6) is 0 Å². The van der Waals surface area contributed by atoms with Crippen molar-refractivity contribution < 1.29 is 31.1 Å². The van der Waals surface area contributed by atoms with Gasteiger partial charge < -0.3 is 4.74 Å². The Morgan fingerprint density at radius 3 is 2.18 bits per heavy atom. The molecule has 0 saturated carbocycles. The lowest BCUT2D eigenvalue weighted by atomic mass is 9.79. The highest BCUT2D eigenvalue weighted by atomic mass is 35.5. The highest BCUT2D eigenvalue weighted by molar-refractivity contribution is 5.85. The highest BCUT2D eigenvalue weighted by Crippen LogP contribution is 2.52. The van der Waals surface area contributed by atoms with Crippen molar-refractivity contribution in [3.8, 4) is 0 Å². The van der Waals surface area contributed by atoms with Crippen LogP contribution in [-0.4, -0.2) is 31.8 Å². The second-order valence-electron chi connectivity index (χ2n) is 9.74. The lowest BCUT2D eigenvalue weighted by Gasteiger charge is -2.49. The fourth-order valence-corrected chi connectivity index (χ4v) is 5.86. The molecule has 3 unspecified atom stereocenters. The molecule has 3 atom stereocenters. The van der Waals surface area contributed by atoms with E-state index in [0.717, 1.165) is 37.0 Å². The van der Waals surface area contributed by atoms with Crippen LogP contribution >= 0.6 is 12.4 Å². The Kier molecular flexibility index (Phi) is 7.84. The van der Waals surface area contributed by atoms with Crippen LogP contribution in [0.25, 0.3) is 0 Å². The quantitative estimate of drug-likeness (QED) is 0.322. The van der Waals surface area contributed by atoms with Crippen LogP contribution in [0, 0.1) is 0 Å². The number of hydrogen-bond donors (Lipinski definition) is 0. The topological polar surface area (TPSA) is 43.2 Å². The molecule has 0 spiro atoms. The fraction of sp³-hybridized carbons (Fsp3) is 0.462. The molecule has 3 heterocycles. The van der Waals surface area contributed by atoms with Crippen LogP contribution in [0.3, 0.4) is 0 Å². The Balaban J connectivity index is 0.00000336. The molecule has 2 fully saturated rings. The molecule has 0 radical (unpaired) electrons. The van der Waals surface area contributed by atoms with Gasteiger partial charge in [0.15, 0.2) is 5.82 Å². The van der Waals surface area contributed by atoms with E-state index < -0.39 is 35.1 Å². The van der Waals surface area contributed by atoms with Crippen LogP contribution in [0.4, 0.5) is 26.3 Å². The molecular formula is C26H27ClF6N4O. The molecule has 1 aromatic heterocycles. The summed E-state index contributed by atoms with van der Waals surface area (Å²) in [6, 6.07) is 11.6. The summed E-state index contributed by atoms with van der Waals surface area (Å²) in [5.41, 5.74) is -2.45. The largest absolute Gasteiger partial charge is 0.416 e. The zero-order chi connectivity index (χ0) is 26.4. The molecule has 12 heteroatoms. The van der Waals surface area contributed by atoms with E-state index in [-0.39, 0.29) is 36.7 Å². The first-order valence-corrected chi connectivity index (χ1v) is 12.0. The Hall–Kier alpha value is -2.63. The maximum absolute atomic E-state index is 13.4. The normalized spacial score (nSPS) is 23.9. The summed E-state index contributed by atoms with van der Waals surface area (Å²) < 4.78 is 88.1. The van der Waals surface area contributed by atoms with Crippen molar-refractivity contribution in [1.29, 1.82) is 0 Å². The summed E-state index contributed by atoms with van der Waals surface area (Å²) in [5, 5.41) is 4.42. The van der Waals surface area contributed by atoms with E-state index in [0.29, 0.717) is 18.8 Å². The van der Waals surface area contributed by atoms with Gasteiger partial charge in [-0.25, -0.2) is 4.98 Å². The molecule has 2 saturated heterocycles. The lowest BCUT2D eigenvalue weighted by Crippen LogP contribution is -2.56. The molecule has 2 bridgehead atoms. The summed E-state index contributed by atoms with van der Waals surface area (Å²) >= 11 is 0. The van der Waals surface area contributed by atoms with E-state index in [2.05, 4.69) is 15.0 Å². The zero-order valence-corrected chi connectivity index (χ0v) is 21.3. The summed E-state index contributed by atoms with van der Waals surface area (Å²) in [4.78, 5) is 6.68. The van der Waals surface area contributed by atoms with Gasteiger partial charge in [-0.3, -0.25) is 9.58 Å². The molecule has 5 rings (SSSR count). The Morgan fingerprint density at radius 2 is 1.61 bits per heavy atom. The van der Waals surface area contributed by atoms with Gasteiger partial charge in [0.2, 0.25) is 0 Å².